The number of carbonyl (C=O) groups excluding carboxylic acids is 1. The maximum Gasteiger partial charge on any atom is 0.276 e. The second kappa shape index (κ2) is 7.01. The van der Waals surface area contributed by atoms with Crippen molar-refractivity contribution in [2.45, 2.75) is 0 Å². The Morgan fingerprint density at radius 1 is 1.32 bits per heavy atom. The molecule has 1 amide bonds. The van der Waals surface area contributed by atoms with Crippen LogP contribution in [0, 0.1) is 0 Å². The molecule has 1 aromatic carbocycles. The Balaban J connectivity index is 1.76. The van der Waals surface area contributed by atoms with Gasteiger partial charge in [0.05, 0.1) is 13.2 Å². The largest absolute Gasteiger partial charge is 0.492 e. The van der Waals surface area contributed by atoms with E-state index in [9.17, 15) is 4.79 Å². The lowest BCUT2D eigenvalue weighted by Crippen LogP contribution is -2.38. The van der Waals surface area contributed by atoms with Gasteiger partial charge in [0.1, 0.15) is 12.4 Å². The number of rotatable bonds is 5. The van der Waals surface area contributed by atoms with Crippen LogP contribution in [0.1, 0.15) is 10.4 Å². The molecule has 5 heteroatoms. The minimum atomic E-state index is -0.320. The molecule has 0 aliphatic carbocycles. The second-order valence-electron chi connectivity index (χ2n) is 4.29. The molecular formula is C14H18N2O3. The topological polar surface area (TPSA) is 51.1 Å². The van der Waals surface area contributed by atoms with Gasteiger partial charge in [-0.2, -0.15) is 0 Å². The Bertz CT molecular complexity index is 425. The van der Waals surface area contributed by atoms with E-state index < -0.39 is 0 Å². The molecule has 2 rings (SSSR count). The van der Waals surface area contributed by atoms with Gasteiger partial charge in [0, 0.05) is 25.2 Å². The van der Waals surface area contributed by atoms with Gasteiger partial charge in [-0.25, -0.2) is 4.99 Å². The maximum absolute atomic E-state index is 11.3. The number of carbonyl (C=O) groups is 1. The van der Waals surface area contributed by atoms with E-state index in [0.29, 0.717) is 12.2 Å². The van der Waals surface area contributed by atoms with Gasteiger partial charge in [-0.1, -0.05) is 0 Å². The number of hydrogen-bond acceptors (Lipinski definition) is 4. The van der Waals surface area contributed by atoms with Gasteiger partial charge >= 0.3 is 0 Å². The zero-order chi connectivity index (χ0) is 13.5. The third-order valence-electron chi connectivity index (χ3n) is 3.02. The van der Waals surface area contributed by atoms with Crippen molar-refractivity contribution < 1.29 is 14.3 Å². The van der Waals surface area contributed by atoms with E-state index in [4.69, 9.17) is 9.47 Å². The first-order valence-electron chi connectivity index (χ1n) is 6.33. The lowest BCUT2D eigenvalue weighted by molar-refractivity contribution is 0.0322. The summed E-state index contributed by atoms with van der Waals surface area (Å²) in [6.07, 6.45) is 0. The average Bonchev–Trinajstić information content (AvgIpc) is 2.48. The summed E-state index contributed by atoms with van der Waals surface area (Å²) in [7, 11) is 0. The summed E-state index contributed by atoms with van der Waals surface area (Å²) < 4.78 is 10.9. The zero-order valence-electron chi connectivity index (χ0n) is 10.9. The summed E-state index contributed by atoms with van der Waals surface area (Å²) in [6, 6.07) is 6.94. The molecule has 5 nitrogen and oxygen atoms in total. The van der Waals surface area contributed by atoms with Crippen LogP contribution in [0.15, 0.2) is 29.3 Å². The van der Waals surface area contributed by atoms with Crippen LogP contribution >= 0.6 is 0 Å². The summed E-state index contributed by atoms with van der Waals surface area (Å²) in [5.74, 6) is 0.439. The number of morpholine rings is 1. The molecule has 0 unspecified atom stereocenters. The van der Waals surface area contributed by atoms with Gasteiger partial charge in [0.2, 0.25) is 0 Å². The predicted octanol–water partition coefficient (Wildman–Crippen LogP) is 1.24. The standard InChI is InChI=1S/C14H18N2O3/c1-15-14(17)12-2-4-13(5-3-12)19-11-8-16-6-9-18-10-7-16/h2-5H,1,6-11H2. The van der Waals surface area contributed by atoms with Crippen LogP contribution < -0.4 is 4.74 Å². The van der Waals surface area contributed by atoms with E-state index in [2.05, 4.69) is 16.6 Å². The summed E-state index contributed by atoms with van der Waals surface area (Å²) in [5, 5.41) is 0. The smallest absolute Gasteiger partial charge is 0.276 e. The third-order valence-corrected chi connectivity index (χ3v) is 3.02. The van der Waals surface area contributed by atoms with Gasteiger partial charge in [-0.3, -0.25) is 9.69 Å². The van der Waals surface area contributed by atoms with Crippen molar-refractivity contribution >= 4 is 12.6 Å². The number of hydrogen-bond donors (Lipinski definition) is 0. The zero-order valence-corrected chi connectivity index (χ0v) is 10.9. The molecule has 0 saturated carbocycles. The molecule has 19 heavy (non-hydrogen) atoms. The molecule has 0 bridgehead atoms. The maximum atomic E-state index is 11.3. The summed E-state index contributed by atoms with van der Waals surface area (Å²) >= 11 is 0. The van der Waals surface area contributed by atoms with E-state index >= 15 is 0 Å². The van der Waals surface area contributed by atoms with Crippen LogP contribution in [0.25, 0.3) is 0 Å². The number of amides is 1. The Labute approximate surface area is 112 Å². The molecule has 0 atom stereocenters. The minimum Gasteiger partial charge on any atom is -0.492 e. The normalized spacial score (nSPS) is 16.0. The first kappa shape index (κ1) is 13.7. The molecule has 102 valence electrons. The lowest BCUT2D eigenvalue weighted by atomic mass is 10.2. The van der Waals surface area contributed by atoms with Crippen LogP contribution in [-0.4, -0.2) is 57.0 Å². The molecule has 0 radical (unpaired) electrons. The monoisotopic (exact) mass is 262 g/mol. The number of aliphatic imine (C=N–C) groups is 1. The highest BCUT2D eigenvalue weighted by Crippen LogP contribution is 2.13. The first-order valence-corrected chi connectivity index (χ1v) is 6.33. The Morgan fingerprint density at radius 2 is 2.00 bits per heavy atom. The first-order chi connectivity index (χ1) is 9.29. The van der Waals surface area contributed by atoms with E-state index in [-0.39, 0.29) is 5.91 Å². The molecule has 0 N–H and O–H groups in total. The number of nitrogens with zero attached hydrogens (tertiary/aromatic N) is 2. The van der Waals surface area contributed by atoms with Crippen LogP contribution in [0.4, 0.5) is 0 Å². The third kappa shape index (κ3) is 4.15. The fourth-order valence-electron chi connectivity index (χ4n) is 1.90. The fraction of sp³-hybridized carbons (Fsp3) is 0.429. The van der Waals surface area contributed by atoms with Crippen LogP contribution in [0.2, 0.25) is 0 Å². The average molecular weight is 262 g/mol. The van der Waals surface area contributed by atoms with E-state index in [1.54, 1.807) is 24.3 Å². The van der Waals surface area contributed by atoms with Gasteiger partial charge in [0.15, 0.2) is 0 Å². The Kier molecular flexibility index (Phi) is 5.06. The minimum absolute atomic E-state index is 0.320. The predicted molar refractivity (Wildman–Crippen MR) is 73.1 cm³/mol. The highest BCUT2D eigenvalue weighted by molar-refractivity contribution is 5.97. The van der Waals surface area contributed by atoms with Gasteiger partial charge in [-0.15, -0.1) is 0 Å². The molecule has 1 fully saturated rings. The van der Waals surface area contributed by atoms with E-state index in [1.165, 1.54) is 0 Å². The van der Waals surface area contributed by atoms with Crippen molar-refractivity contribution in [2.75, 3.05) is 39.5 Å². The highest BCUT2D eigenvalue weighted by Gasteiger charge is 2.09. The number of benzene rings is 1. The van der Waals surface area contributed by atoms with Crippen molar-refractivity contribution in [1.82, 2.24) is 4.90 Å². The molecule has 1 aromatic rings. The van der Waals surface area contributed by atoms with Crippen LogP contribution in [0.3, 0.4) is 0 Å². The molecule has 1 aliphatic heterocycles. The number of ether oxygens (including phenoxy) is 2. The lowest BCUT2D eigenvalue weighted by Gasteiger charge is -2.26. The molecule has 1 saturated heterocycles. The van der Waals surface area contributed by atoms with Crippen molar-refractivity contribution in [3.8, 4) is 5.75 Å². The summed E-state index contributed by atoms with van der Waals surface area (Å²) in [5.41, 5.74) is 0.524. The summed E-state index contributed by atoms with van der Waals surface area (Å²) in [6.45, 7) is 8.25. The Morgan fingerprint density at radius 3 is 2.63 bits per heavy atom. The molecule has 0 aromatic heterocycles. The molecule has 1 heterocycles. The SMILES string of the molecule is C=NC(=O)c1ccc(OCCN2CCOCC2)cc1. The second-order valence-corrected chi connectivity index (χ2v) is 4.29. The van der Waals surface area contributed by atoms with Crippen molar-refractivity contribution in [1.29, 1.82) is 0 Å². The molecule has 0 spiro atoms. The van der Waals surface area contributed by atoms with Crippen LogP contribution in [-0.2, 0) is 4.74 Å². The van der Waals surface area contributed by atoms with Gasteiger partial charge in [0.25, 0.3) is 5.91 Å². The highest BCUT2D eigenvalue weighted by atomic mass is 16.5. The summed E-state index contributed by atoms with van der Waals surface area (Å²) in [4.78, 5) is 16.9. The molecule has 1 aliphatic rings. The Hall–Kier alpha value is -1.72. The van der Waals surface area contributed by atoms with Gasteiger partial charge in [-0.05, 0) is 31.0 Å². The van der Waals surface area contributed by atoms with E-state index in [1.807, 2.05) is 0 Å². The van der Waals surface area contributed by atoms with Crippen molar-refractivity contribution in [3.05, 3.63) is 29.8 Å². The fourth-order valence-corrected chi connectivity index (χ4v) is 1.90. The van der Waals surface area contributed by atoms with Crippen LogP contribution in [0.5, 0.6) is 5.75 Å². The van der Waals surface area contributed by atoms with Crippen molar-refractivity contribution in [3.63, 3.8) is 0 Å². The quantitative estimate of drug-likeness (QED) is 0.749. The molecular weight excluding hydrogens is 244 g/mol. The van der Waals surface area contributed by atoms with E-state index in [0.717, 1.165) is 38.6 Å². The van der Waals surface area contributed by atoms with Crippen molar-refractivity contribution in [2.24, 2.45) is 4.99 Å². The van der Waals surface area contributed by atoms with Gasteiger partial charge < -0.3 is 9.47 Å².